The summed E-state index contributed by atoms with van der Waals surface area (Å²) in [5.41, 5.74) is 2.55. The van der Waals surface area contributed by atoms with Crippen molar-refractivity contribution in [3.63, 3.8) is 0 Å². The Morgan fingerprint density at radius 3 is 2.54 bits per heavy atom. The minimum absolute atomic E-state index is 0.233. The summed E-state index contributed by atoms with van der Waals surface area (Å²) in [4.78, 5) is 20.8. The summed E-state index contributed by atoms with van der Waals surface area (Å²) in [5, 5.41) is 5.81. The summed E-state index contributed by atoms with van der Waals surface area (Å²) in [6.45, 7) is 2.26. The van der Waals surface area contributed by atoms with Crippen LogP contribution in [0.15, 0.2) is 60.8 Å². The van der Waals surface area contributed by atoms with E-state index >= 15 is 0 Å². The summed E-state index contributed by atoms with van der Waals surface area (Å²) in [6, 6.07) is 15.6. The molecular formula is C20H19FN4O. The van der Waals surface area contributed by atoms with Gasteiger partial charge in [0.15, 0.2) is 0 Å². The van der Waals surface area contributed by atoms with Gasteiger partial charge in [-0.15, -0.1) is 0 Å². The lowest BCUT2D eigenvalue weighted by Crippen LogP contribution is -2.16. The minimum Gasteiger partial charge on any atom is -0.350 e. The van der Waals surface area contributed by atoms with Crippen molar-refractivity contribution in [2.24, 2.45) is 0 Å². The van der Waals surface area contributed by atoms with Crippen molar-refractivity contribution < 1.29 is 9.18 Å². The molecule has 1 heterocycles. The van der Waals surface area contributed by atoms with Crippen LogP contribution in [0.5, 0.6) is 0 Å². The third kappa shape index (κ3) is 4.22. The number of hydrogen-bond acceptors (Lipinski definition) is 4. The summed E-state index contributed by atoms with van der Waals surface area (Å²) in [7, 11) is 0. The van der Waals surface area contributed by atoms with Crippen LogP contribution in [0.3, 0.4) is 0 Å². The van der Waals surface area contributed by atoms with Gasteiger partial charge < -0.3 is 10.6 Å². The Kier molecular flexibility index (Phi) is 5.53. The van der Waals surface area contributed by atoms with Gasteiger partial charge >= 0.3 is 0 Å². The molecule has 0 aliphatic rings. The number of aryl methyl sites for hydroxylation is 1. The van der Waals surface area contributed by atoms with E-state index in [0.29, 0.717) is 5.56 Å². The fourth-order valence-electron chi connectivity index (χ4n) is 2.52. The first kappa shape index (κ1) is 17.5. The lowest BCUT2D eigenvalue weighted by molar-refractivity contribution is 0.102. The Morgan fingerprint density at radius 2 is 1.77 bits per heavy atom. The third-order valence-corrected chi connectivity index (χ3v) is 3.93. The van der Waals surface area contributed by atoms with Crippen molar-refractivity contribution >= 4 is 17.5 Å². The third-order valence-electron chi connectivity index (χ3n) is 3.93. The first-order chi connectivity index (χ1) is 12.7. The number of amides is 1. The summed E-state index contributed by atoms with van der Waals surface area (Å²) < 4.78 is 13.7. The van der Waals surface area contributed by atoms with E-state index in [2.05, 4.69) is 20.6 Å². The van der Waals surface area contributed by atoms with E-state index < -0.39 is 0 Å². The number of halogens is 1. The van der Waals surface area contributed by atoms with Crippen LogP contribution in [0.25, 0.3) is 0 Å². The molecule has 5 nitrogen and oxygen atoms in total. The molecule has 6 heteroatoms. The second-order valence-electron chi connectivity index (χ2n) is 5.68. The number of nitrogens with one attached hydrogen (secondary N) is 2. The number of carbonyl (C=O) groups excluding carboxylic acids is 1. The van der Waals surface area contributed by atoms with Crippen molar-refractivity contribution in [3.05, 3.63) is 83.4 Å². The van der Waals surface area contributed by atoms with Gasteiger partial charge in [-0.1, -0.05) is 43.3 Å². The summed E-state index contributed by atoms with van der Waals surface area (Å²) in [6.07, 6.45) is 2.31. The van der Waals surface area contributed by atoms with Gasteiger partial charge in [0.05, 0.1) is 0 Å². The minimum atomic E-state index is -0.317. The quantitative estimate of drug-likeness (QED) is 0.704. The molecule has 0 atom stereocenters. The number of hydrogen-bond donors (Lipinski definition) is 2. The zero-order chi connectivity index (χ0) is 18.4. The molecule has 0 saturated carbocycles. The van der Waals surface area contributed by atoms with Gasteiger partial charge in [0.1, 0.15) is 11.5 Å². The molecule has 3 rings (SSSR count). The maximum Gasteiger partial charge on any atom is 0.274 e. The Balaban J connectivity index is 1.70. The Bertz CT molecular complexity index is 914. The second kappa shape index (κ2) is 8.20. The largest absolute Gasteiger partial charge is 0.350 e. The lowest BCUT2D eigenvalue weighted by Gasteiger charge is -2.10. The maximum absolute atomic E-state index is 13.7. The highest BCUT2D eigenvalue weighted by molar-refractivity contribution is 6.03. The molecule has 0 radical (unpaired) electrons. The van der Waals surface area contributed by atoms with Crippen LogP contribution in [0.4, 0.5) is 16.0 Å². The van der Waals surface area contributed by atoms with E-state index in [1.165, 1.54) is 18.3 Å². The molecule has 0 aliphatic carbocycles. The monoisotopic (exact) mass is 350 g/mol. The van der Waals surface area contributed by atoms with Gasteiger partial charge in [-0.05, 0) is 30.2 Å². The van der Waals surface area contributed by atoms with Gasteiger partial charge in [0.25, 0.3) is 5.91 Å². The highest BCUT2D eigenvalue weighted by atomic mass is 19.1. The van der Waals surface area contributed by atoms with Crippen LogP contribution in [0.1, 0.15) is 28.5 Å². The Hall–Kier alpha value is -3.28. The fraction of sp³-hybridized carbons (Fsp3) is 0.150. The van der Waals surface area contributed by atoms with Crippen molar-refractivity contribution in [1.82, 2.24) is 9.97 Å². The molecule has 2 aromatic carbocycles. The number of benzene rings is 2. The number of carbonyl (C=O) groups is 1. The molecule has 0 bridgehead atoms. The van der Waals surface area contributed by atoms with Crippen LogP contribution < -0.4 is 10.6 Å². The zero-order valence-corrected chi connectivity index (χ0v) is 14.4. The van der Waals surface area contributed by atoms with E-state index in [4.69, 9.17) is 0 Å². The number of para-hydroxylation sites is 1. The van der Waals surface area contributed by atoms with E-state index in [0.717, 1.165) is 17.7 Å². The van der Waals surface area contributed by atoms with Gasteiger partial charge in [-0.2, -0.15) is 0 Å². The molecule has 0 aliphatic heterocycles. The van der Waals surface area contributed by atoms with Crippen LogP contribution in [-0.4, -0.2) is 15.9 Å². The molecule has 0 unspecified atom stereocenters. The lowest BCUT2D eigenvalue weighted by atomic mass is 10.1. The number of anilines is 2. The molecule has 0 fully saturated rings. The van der Waals surface area contributed by atoms with Crippen molar-refractivity contribution in [2.45, 2.75) is 19.9 Å². The van der Waals surface area contributed by atoms with Gasteiger partial charge in [-0.25, -0.2) is 14.4 Å². The van der Waals surface area contributed by atoms with Crippen LogP contribution >= 0.6 is 0 Å². The van der Waals surface area contributed by atoms with Gasteiger partial charge in [0, 0.05) is 24.0 Å². The molecule has 26 heavy (non-hydrogen) atoms. The predicted octanol–water partition coefficient (Wildman–Crippen LogP) is 4.04. The molecular weight excluding hydrogens is 331 g/mol. The Morgan fingerprint density at radius 1 is 1.04 bits per heavy atom. The molecule has 1 amide bonds. The SMILES string of the molecule is CCc1ccccc1NC(=O)c1ccnc(NCc2ccccc2F)n1. The first-order valence-corrected chi connectivity index (χ1v) is 8.37. The summed E-state index contributed by atoms with van der Waals surface area (Å²) in [5.74, 6) is -0.350. The number of rotatable bonds is 6. The van der Waals surface area contributed by atoms with Crippen molar-refractivity contribution in [2.75, 3.05) is 10.6 Å². The number of nitrogens with zero attached hydrogens (tertiary/aromatic N) is 2. The van der Waals surface area contributed by atoms with Crippen LogP contribution in [-0.2, 0) is 13.0 Å². The van der Waals surface area contributed by atoms with Crippen LogP contribution in [0.2, 0.25) is 0 Å². The molecule has 132 valence electrons. The average Bonchev–Trinajstić information content (AvgIpc) is 2.68. The fourth-order valence-corrected chi connectivity index (χ4v) is 2.52. The normalized spacial score (nSPS) is 10.4. The zero-order valence-electron chi connectivity index (χ0n) is 14.4. The van der Waals surface area contributed by atoms with E-state index in [9.17, 15) is 9.18 Å². The molecule has 2 N–H and O–H groups in total. The first-order valence-electron chi connectivity index (χ1n) is 8.37. The Labute approximate surface area is 151 Å². The second-order valence-corrected chi connectivity index (χ2v) is 5.68. The van der Waals surface area contributed by atoms with E-state index in [-0.39, 0.29) is 29.9 Å². The smallest absolute Gasteiger partial charge is 0.274 e. The molecule has 3 aromatic rings. The van der Waals surface area contributed by atoms with Crippen LogP contribution in [0, 0.1) is 5.82 Å². The number of aromatic nitrogens is 2. The van der Waals surface area contributed by atoms with Crippen molar-refractivity contribution in [3.8, 4) is 0 Å². The average molecular weight is 350 g/mol. The highest BCUT2D eigenvalue weighted by Gasteiger charge is 2.11. The standard InChI is InChI=1S/C20H19FN4O/c1-2-14-7-4-6-10-17(14)24-19(26)18-11-12-22-20(25-18)23-13-15-8-3-5-9-16(15)21/h3-12H,2,13H2,1H3,(H,24,26)(H,22,23,25). The predicted molar refractivity (Wildman–Crippen MR) is 99.5 cm³/mol. The van der Waals surface area contributed by atoms with Gasteiger partial charge in [0.2, 0.25) is 5.95 Å². The summed E-state index contributed by atoms with van der Waals surface area (Å²) >= 11 is 0. The topological polar surface area (TPSA) is 66.9 Å². The van der Waals surface area contributed by atoms with Crippen molar-refractivity contribution in [1.29, 1.82) is 0 Å². The van der Waals surface area contributed by atoms with E-state index in [1.807, 2.05) is 31.2 Å². The van der Waals surface area contributed by atoms with E-state index in [1.54, 1.807) is 18.2 Å². The molecule has 0 saturated heterocycles. The molecule has 1 aromatic heterocycles. The maximum atomic E-state index is 13.7. The molecule has 0 spiro atoms. The highest BCUT2D eigenvalue weighted by Crippen LogP contribution is 2.16. The van der Waals surface area contributed by atoms with Gasteiger partial charge in [-0.3, -0.25) is 4.79 Å².